The summed E-state index contributed by atoms with van der Waals surface area (Å²) in [4.78, 5) is 11.6. The average molecular weight is 333 g/mol. The van der Waals surface area contributed by atoms with Gasteiger partial charge in [-0.05, 0) is 46.1 Å². The fraction of sp³-hybridized carbons (Fsp3) is 0.188. The zero-order valence-corrected chi connectivity index (χ0v) is 12.9. The SMILES string of the molecule is Cc1ccc(N[C@@H](Cc2ccccc2)C(N)=O)c(Br)c1. The second kappa shape index (κ2) is 6.57. The van der Waals surface area contributed by atoms with E-state index in [4.69, 9.17) is 5.73 Å². The molecule has 0 unspecified atom stereocenters. The fourth-order valence-corrected chi connectivity index (χ4v) is 2.61. The van der Waals surface area contributed by atoms with E-state index >= 15 is 0 Å². The van der Waals surface area contributed by atoms with Crippen molar-refractivity contribution in [2.45, 2.75) is 19.4 Å². The quantitative estimate of drug-likeness (QED) is 0.882. The third-order valence-corrected chi connectivity index (χ3v) is 3.74. The van der Waals surface area contributed by atoms with E-state index in [1.54, 1.807) is 0 Å². The van der Waals surface area contributed by atoms with Gasteiger partial charge in [0.25, 0.3) is 0 Å². The summed E-state index contributed by atoms with van der Waals surface area (Å²) in [7, 11) is 0. The first kappa shape index (κ1) is 14.6. The van der Waals surface area contributed by atoms with Crippen molar-refractivity contribution in [2.24, 2.45) is 5.73 Å². The van der Waals surface area contributed by atoms with Gasteiger partial charge in [-0.3, -0.25) is 4.79 Å². The molecule has 0 saturated heterocycles. The van der Waals surface area contributed by atoms with Gasteiger partial charge in [0.05, 0.1) is 0 Å². The first-order chi connectivity index (χ1) is 9.56. The lowest BCUT2D eigenvalue weighted by Crippen LogP contribution is -2.37. The molecule has 0 aliphatic carbocycles. The summed E-state index contributed by atoms with van der Waals surface area (Å²) in [6.07, 6.45) is 0.566. The summed E-state index contributed by atoms with van der Waals surface area (Å²) in [5, 5.41) is 3.20. The van der Waals surface area contributed by atoms with Crippen LogP contribution in [0.3, 0.4) is 0 Å². The maximum Gasteiger partial charge on any atom is 0.240 e. The summed E-state index contributed by atoms with van der Waals surface area (Å²) in [6.45, 7) is 2.02. The predicted octanol–water partition coefficient (Wildman–Crippen LogP) is 3.27. The molecule has 3 nitrogen and oxygen atoms in total. The normalized spacial score (nSPS) is 11.9. The molecule has 0 aliphatic heterocycles. The molecule has 0 spiro atoms. The number of halogens is 1. The van der Waals surface area contributed by atoms with Crippen LogP contribution in [0.15, 0.2) is 53.0 Å². The topological polar surface area (TPSA) is 55.1 Å². The number of hydrogen-bond acceptors (Lipinski definition) is 2. The number of rotatable bonds is 5. The number of anilines is 1. The Hall–Kier alpha value is -1.81. The van der Waals surface area contributed by atoms with Crippen molar-refractivity contribution < 1.29 is 4.79 Å². The van der Waals surface area contributed by atoms with E-state index < -0.39 is 6.04 Å². The van der Waals surface area contributed by atoms with Crippen LogP contribution in [0, 0.1) is 6.92 Å². The van der Waals surface area contributed by atoms with E-state index in [0.717, 1.165) is 21.3 Å². The molecule has 0 aromatic heterocycles. The third-order valence-electron chi connectivity index (χ3n) is 3.08. The zero-order valence-electron chi connectivity index (χ0n) is 11.3. The zero-order chi connectivity index (χ0) is 14.5. The van der Waals surface area contributed by atoms with Crippen LogP contribution in [-0.2, 0) is 11.2 Å². The fourth-order valence-electron chi connectivity index (χ4n) is 2.00. The van der Waals surface area contributed by atoms with E-state index in [1.807, 2.05) is 55.5 Å². The minimum absolute atomic E-state index is 0.360. The minimum atomic E-state index is -0.434. The Bertz CT molecular complexity index is 599. The van der Waals surface area contributed by atoms with Crippen molar-refractivity contribution in [3.63, 3.8) is 0 Å². The first-order valence-electron chi connectivity index (χ1n) is 6.42. The highest BCUT2D eigenvalue weighted by Gasteiger charge is 2.16. The van der Waals surface area contributed by atoms with Gasteiger partial charge >= 0.3 is 0 Å². The lowest BCUT2D eigenvalue weighted by atomic mass is 10.1. The lowest BCUT2D eigenvalue weighted by molar-refractivity contribution is -0.118. The average Bonchev–Trinajstić information content (AvgIpc) is 2.42. The summed E-state index contributed by atoms with van der Waals surface area (Å²) in [6, 6.07) is 15.3. The molecule has 3 N–H and O–H groups in total. The Labute approximate surface area is 127 Å². The van der Waals surface area contributed by atoms with E-state index in [1.165, 1.54) is 0 Å². The van der Waals surface area contributed by atoms with Crippen LogP contribution in [0.1, 0.15) is 11.1 Å². The molecule has 0 heterocycles. The van der Waals surface area contributed by atoms with Crippen LogP contribution < -0.4 is 11.1 Å². The predicted molar refractivity (Wildman–Crippen MR) is 85.6 cm³/mol. The second-order valence-electron chi connectivity index (χ2n) is 4.77. The Balaban J connectivity index is 2.15. The van der Waals surface area contributed by atoms with Crippen molar-refractivity contribution >= 4 is 27.5 Å². The Morgan fingerprint density at radius 3 is 2.55 bits per heavy atom. The van der Waals surface area contributed by atoms with Crippen LogP contribution in [0.25, 0.3) is 0 Å². The summed E-state index contributed by atoms with van der Waals surface area (Å²) < 4.78 is 0.928. The molecule has 0 fully saturated rings. The number of hydrogen-bond donors (Lipinski definition) is 2. The van der Waals surface area contributed by atoms with Crippen molar-refractivity contribution in [1.82, 2.24) is 0 Å². The van der Waals surface area contributed by atoms with Gasteiger partial charge < -0.3 is 11.1 Å². The van der Waals surface area contributed by atoms with Gasteiger partial charge in [0.15, 0.2) is 0 Å². The van der Waals surface area contributed by atoms with Crippen molar-refractivity contribution in [3.8, 4) is 0 Å². The highest BCUT2D eigenvalue weighted by atomic mass is 79.9. The molecule has 4 heteroatoms. The monoisotopic (exact) mass is 332 g/mol. The van der Waals surface area contributed by atoms with Gasteiger partial charge in [0.2, 0.25) is 5.91 Å². The van der Waals surface area contributed by atoms with E-state index in [0.29, 0.717) is 6.42 Å². The molecule has 1 atom stereocenters. The third kappa shape index (κ3) is 3.84. The maximum atomic E-state index is 11.6. The molecule has 2 aromatic carbocycles. The molecule has 104 valence electrons. The minimum Gasteiger partial charge on any atom is -0.373 e. The van der Waals surface area contributed by atoms with Crippen LogP contribution >= 0.6 is 15.9 Å². The first-order valence-corrected chi connectivity index (χ1v) is 7.21. The van der Waals surface area contributed by atoms with E-state index in [-0.39, 0.29) is 5.91 Å². The standard InChI is InChI=1S/C16H17BrN2O/c1-11-7-8-14(13(17)9-11)19-15(16(18)20)10-12-5-3-2-4-6-12/h2-9,15,19H,10H2,1H3,(H2,18,20)/t15-/m0/s1. The number of amides is 1. The highest BCUT2D eigenvalue weighted by Crippen LogP contribution is 2.24. The van der Waals surface area contributed by atoms with Gasteiger partial charge in [-0.1, -0.05) is 36.4 Å². The number of primary amides is 1. The molecule has 0 bridgehead atoms. The van der Waals surface area contributed by atoms with Crippen LogP contribution in [0.2, 0.25) is 0 Å². The van der Waals surface area contributed by atoms with Gasteiger partial charge in [-0.25, -0.2) is 0 Å². The Morgan fingerprint density at radius 1 is 1.25 bits per heavy atom. The highest BCUT2D eigenvalue weighted by molar-refractivity contribution is 9.10. The largest absolute Gasteiger partial charge is 0.373 e. The molecule has 0 aliphatic rings. The molecular formula is C16H17BrN2O. The molecule has 20 heavy (non-hydrogen) atoms. The molecule has 2 aromatic rings. The number of aryl methyl sites for hydroxylation is 1. The number of carbonyl (C=O) groups excluding carboxylic acids is 1. The van der Waals surface area contributed by atoms with Gasteiger partial charge in [0.1, 0.15) is 6.04 Å². The molecule has 0 saturated carbocycles. The van der Waals surface area contributed by atoms with E-state index in [2.05, 4.69) is 21.2 Å². The number of nitrogens with two attached hydrogens (primary N) is 1. The van der Waals surface area contributed by atoms with Crippen molar-refractivity contribution in [2.75, 3.05) is 5.32 Å². The van der Waals surface area contributed by atoms with Gasteiger partial charge in [0, 0.05) is 16.6 Å². The number of carbonyl (C=O) groups is 1. The van der Waals surface area contributed by atoms with Crippen LogP contribution in [-0.4, -0.2) is 11.9 Å². The van der Waals surface area contributed by atoms with Gasteiger partial charge in [-0.15, -0.1) is 0 Å². The maximum absolute atomic E-state index is 11.6. The van der Waals surface area contributed by atoms with Crippen molar-refractivity contribution in [3.05, 3.63) is 64.1 Å². The molecule has 0 radical (unpaired) electrons. The second-order valence-corrected chi connectivity index (χ2v) is 5.63. The molecule has 2 rings (SSSR count). The Kier molecular flexibility index (Phi) is 4.79. The van der Waals surface area contributed by atoms with Crippen LogP contribution in [0.4, 0.5) is 5.69 Å². The van der Waals surface area contributed by atoms with Gasteiger partial charge in [-0.2, -0.15) is 0 Å². The summed E-state index contributed by atoms with van der Waals surface area (Å²) in [5.41, 5.74) is 8.60. The van der Waals surface area contributed by atoms with Crippen LogP contribution in [0.5, 0.6) is 0 Å². The summed E-state index contributed by atoms with van der Waals surface area (Å²) >= 11 is 3.50. The smallest absolute Gasteiger partial charge is 0.240 e. The lowest BCUT2D eigenvalue weighted by Gasteiger charge is -2.18. The number of nitrogens with one attached hydrogen (secondary N) is 1. The summed E-state index contributed by atoms with van der Waals surface area (Å²) in [5.74, 6) is -0.360. The molecule has 1 amide bonds. The number of benzene rings is 2. The Morgan fingerprint density at radius 2 is 1.95 bits per heavy atom. The van der Waals surface area contributed by atoms with E-state index in [9.17, 15) is 4.79 Å². The van der Waals surface area contributed by atoms with Crippen molar-refractivity contribution in [1.29, 1.82) is 0 Å². The molecular weight excluding hydrogens is 316 g/mol.